The zero-order valence-corrected chi connectivity index (χ0v) is 11.2. The summed E-state index contributed by atoms with van der Waals surface area (Å²) in [6.07, 6.45) is -0.0747. The Morgan fingerprint density at radius 2 is 1.56 bits per heavy atom. The Kier molecular flexibility index (Phi) is 2.56. The molecule has 6 heteroatoms. The Labute approximate surface area is 105 Å². The smallest absolute Gasteiger partial charge is 0.231 e. The Hall–Kier alpha value is -0.820. The van der Waals surface area contributed by atoms with Crippen molar-refractivity contribution in [1.29, 1.82) is 0 Å². The number of Topliss-reactive ketones (excluding diaryl/α,β-unsaturated/α-hetero) is 2. The second-order valence-corrected chi connectivity index (χ2v) is 5.50. The predicted molar refractivity (Wildman–Crippen MR) is 59.4 cm³/mol. The highest BCUT2D eigenvalue weighted by molar-refractivity contribution is 5.86. The lowest BCUT2D eigenvalue weighted by molar-refractivity contribution is -0.271. The molecule has 0 bridgehead atoms. The van der Waals surface area contributed by atoms with Crippen LogP contribution in [0.15, 0.2) is 0 Å². The van der Waals surface area contributed by atoms with E-state index in [1.807, 2.05) is 0 Å². The summed E-state index contributed by atoms with van der Waals surface area (Å²) in [5.41, 5.74) is -1.18. The predicted octanol–water partition coefficient (Wildman–Crippen LogP) is 0.511. The molecule has 2 saturated heterocycles. The first-order valence-electron chi connectivity index (χ1n) is 5.81. The first-order valence-corrected chi connectivity index (χ1v) is 5.81. The highest BCUT2D eigenvalue weighted by Crippen LogP contribution is 2.55. The topological polar surface area (TPSA) is 82.1 Å². The van der Waals surface area contributed by atoms with Gasteiger partial charge in [-0.15, -0.1) is 0 Å². The molecule has 1 N–H and O–H groups in total. The third-order valence-electron chi connectivity index (χ3n) is 3.84. The second-order valence-electron chi connectivity index (χ2n) is 5.50. The van der Waals surface area contributed by atoms with Gasteiger partial charge in [0.1, 0.15) is 5.60 Å². The normalized spacial score (nSPS) is 51.2. The van der Waals surface area contributed by atoms with Crippen LogP contribution in [0.1, 0.15) is 41.0 Å². The van der Waals surface area contributed by atoms with E-state index in [0.29, 0.717) is 0 Å². The maximum atomic E-state index is 11.6. The molecule has 102 valence electrons. The SMILES string of the molecule is CC(=O)[C@]1(C)O[C@@]2(C)O[C@@](C)(C(C)=O)C[C@]2(O)O1. The van der Waals surface area contributed by atoms with Gasteiger partial charge < -0.3 is 19.3 Å². The minimum Gasteiger partial charge on any atom is -0.361 e. The van der Waals surface area contributed by atoms with Gasteiger partial charge in [-0.1, -0.05) is 0 Å². The lowest BCUT2D eigenvalue weighted by atomic mass is 9.94. The maximum absolute atomic E-state index is 11.6. The van der Waals surface area contributed by atoms with Crippen molar-refractivity contribution in [3.05, 3.63) is 0 Å². The fourth-order valence-corrected chi connectivity index (χ4v) is 2.45. The fraction of sp³-hybridized carbons (Fsp3) is 0.833. The molecule has 0 radical (unpaired) electrons. The van der Waals surface area contributed by atoms with Gasteiger partial charge in [0.2, 0.25) is 17.4 Å². The molecule has 0 aromatic rings. The van der Waals surface area contributed by atoms with Gasteiger partial charge in [0.25, 0.3) is 0 Å². The molecule has 2 heterocycles. The summed E-state index contributed by atoms with van der Waals surface area (Å²) in [7, 11) is 0. The van der Waals surface area contributed by atoms with E-state index in [-0.39, 0.29) is 18.0 Å². The highest BCUT2D eigenvalue weighted by Gasteiger charge is 2.73. The lowest BCUT2D eigenvalue weighted by Crippen LogP contribution is -2.45. The molecular formula is C12H18O6. The monoisotopic (exact) mass is 258 g/mol. The number of hydrogen-bond donors (Lipinski definition) is 1. The highest BCUT2D eigenvalue weighted by atomic mass is 16.9. The number of fused-ring (bicyclic) bond motifs is 1. The number of ether oxygens (including phenoxy) is 3. The van der Waals surface area contributed by atoms with Gasteiger partial charge in [0.15, 0.2) is 11.6 Å². The van der Waals surface area contributed by atoms with Crippen LogP contribution < -0.4 is 0 Å². The third-order valence-corrected chi connectivity index (χ3v) is 3.84. The van der Waals surface area contributed by atoms with Crippen LogP contribution in [0.25, 0.3) is 0 Å². The molecule has 0 spiro atoms. The van der Waals surface area contributed by atoms with E-state index in [4.69, 9.17) is 14.2 Å². The van der Waals surface area contributed by atoms with E-state index < -0.39 is 23.0 Å². The second kappa shape index (κ2) is 3.39. The van der Waals surface area contributed by atoms with Gasteiger partial charge >= 0.3 is 0 Å². The summed E-state index contributed by atoms with van der Waals surface area (Å²) in [6.45, 7) is 7.13. The first-order chi connectivity index (χ1) is 7.97. The largest absolute Gasteiger partial charge is 0.361 e. The lowest BCUT2D eigenvalue weighted by Gasteiger charge is -2.29. The van der Waals surface area contributed by atoms with Gasteiger partial charge in [-0.25, -0.2) is 0 Å². The Morgan fingerprint density at radius 1 is 1.00 bits per heavy atom. The summed E-state index contributed by atoms with van der Waals surface area (Å²) in [6, 6.07) is 0. The van der Waals surface area contributed by atoms with Crippen molar-refractivity contribution in [2.75, 3.05) is 0 Å². The van der Waals surface area contributed by atoms with E-state index in [2.05, 4.69) is 0 Å². The van der Waals surface area contributed by atoms with Crippen LogP contribution in [0.2, 0.25) is 0 Å². The number of carbonyl (C=O) groups excluding carboxylic acids is 2. The fourth-order valence-electron chi connectivity index (χ4n) is 2.45. The molecular weight excluding hydrogens is 240 g/mol. The molecule has 4 atom stereocenters. The van der Waals surface area contributed by atoms with Crippen molar-refractivity contribution in [2.24, 2.45) is 0 Å². The maximum Gasteiger partial charge on any atom is 0.231 e. The molecule has 0 aromatic carbocycles. The van der Waals surface area contributed by atoms with Gasteiger partial charge in [-0.05, 0) is 27.7 Å². The minimum atomic E-state index is -1.81. The van der Waals surface area contributed by atoms with Crippen molar-refractivity contribution in [1.82, 2.24) is 0 Å². The number of aliphatic hydroxyl groups is 1. The van der Waals surface area contributed by atoms with Crippen molar-refractivity contribution < 1.29 is 28.9 Å². The molecule has 18 heavy (non-hydrogen) atoms. The Bertz CT molecular complexity index is 374. The summed E-state index contributed by atoms with van der Waals surface area (Å²) in [5.74, 6) is -5.51. The van der Waals surface area contributed by atoms with E-state index in [0.717, 1.165) is 0 Å². The van der Waals surface area contributed by atoms with Crippen LogP contribution in [0, 0.1) is 0 Å². The van der Waals surface area contributed by atoms with Gasteiger partial charge in [-0.3, -0.25) is 9.59 Å². The van der Waals surface area contributed by atoms with Crippen molar-refractivity contribution in [2.45, 2.75) is 64.0 Å². The molecule has 2 aliphatic heterocycles. The van der Waals surface area contributed by atoms with Crippen LogP contribution in [-0.2, 0) is 23.8 Å². The van der Waals surface area contributed by atoms with E-state index in [1.165, 1.54) is 27.7 Å². The van der Waals surface area contributed by atoms with Gasteiger partial charge in [-0.2, -0.15) is 0 Å². The molecule has 0 aromatic heterocycles. The molecule has 0 unspecified atom stereocenters. The number of rotatable bonds is 2. The molecule has 2 rings (SSSR count). The molecule has 6 nitrogen and oxygen atoms in total. The van der Waals surface area contributed by atoms with Crippen LogP contribution in [0.4, 0.5) is 0 Å². The third kappa shape index (κ3) is 1.56. The molecule has 0 aliphatic carbocycles. The van der Waals surface area contributed by atoms with E-state index >= 15 is 0 Å². The first kappa shape index (κ1) is 13.6. The molecule has 0 amide bonds. The van der Waals surface area contributed by atoms with E-state index in [1.54, 1.807) is 6.92 Å². The number of carbonyl (C=O) groups is 2. The Morgan fingerprint density at radius 3 is 1.94 bits per heavy atom. The average molecular weight is 258 g/mol. The number of hydrogen-bond acceptors (Lipinski definition) is 6. The van der Waals surface area contributed by atoms with E-state index in [9.17, 15) is 14.7 Å². The molecule has 2 fully saturated rings. The van der Waals surface area contributed by atoms with Crippen LogP contribution in [0.5, 0.6) is 0 Å². The van der Waals surface area contributed by atoms with Gasteiger partial charge in [0.05, 0.1) is 0 Å². The standard InChI is InChI=1S/C12H18O6/c1-7(13)9(3)6-12(15)11(5,16-9)17-10(4,18-12)8(2)14/h15H,6H2,1-5H3/t9-,10-,11-,12+/m1/s1. The van der Waals surface area contributed by atoms with Crippen molar-refractivity contribution >= 4 is 11.6 Å². The summed E-state index contributed by atoms with van der Waals surface area (Å²) >= 11 is 0. The van der Waals surface area contributed by atoms with Crippen molar-refractivity contribution in [3.8, 4) is 0 Å². The zero-order valence-electron chi connectivity index (χ0n) is 11.2. The number of ketones is 2. The summed E-state index contributed by atoms with van der Waals surface area (Å²) in [5, 5.41) is 10.5. The van der Waals surface area contributed by atoms with Crippen LogP contribution >= 0.6 is 0 Å². The summed E-state index contributed by atoms with van der Waals surface area (Å²) < 4.78 is 16.4. The minimum absolute atomic E-state index is 0.0747. The molecule has 0 saturated carbocycles. The Balaban J connectivity index is 2.37. The van der Waals surface area contributed by atoms with Crippen molar-refractivity contribution in [3.63, 3.8) is 0 Å². The quantitative estimate of drug-likeness (QED) is 0.777. The van der Waals surface area contributed by atoms with Crippen LogP contribution in [-0.4, -0.2) is 39.6 Å². The van der Waals surface area contributed by atoms with Gasteiger partial charge in [0, 0.05) is 13.3 Å². The zero-order chi connectivity index (χ0) is 14.0. The molecule has 2 aliphatic rings. The van der Waals surface area contributed by atoms with Crippen LogP contribution in [0.3, 0.4) is 0 Å². The summed E-state index contributed by atoms with van der Waals surface area (Å²) in [4.78, 5) is 23.1. The average Bonchev–Trinajstić information content (AvgIpc) is 2.43.